The maximum atomic E-state index is 12.6. The monoisotopic (exact) mass is 421 g/mol. The molecule has 4 rings (SSSR count). The molecule has 30 heavy (non-hydrogen) atoms. The molecule has 2 aromatic carbocycles. The standard InChI is InChI=1S/C25H28ClN3O/c1-2-29-24-11-10-20(26)17-22(24)23(18-25(29)30)27-21-12-15-28(16-13-21)14-6-9-19-7-4-3-5-8-19/h3-11,17-18,21,27H,2,12-16H2,1H3/b9-6+. The van der Waals surface area contributed by atoms with Gasteiger partial charge in [0, 0.05) is 54.4 Å². The van der Waals surface area contributed by atoms with Gasteiger partial charge in [-0.05, 0) is 43.5 Å². The Morgan fingerprint density at radius 1 is 1.10 bits per heavy atom. The van der Waals surface area contributed by atoms with E-state index in [2.05, 4.69) is 46.6 Å². The van der Waals surface area contributed by atoms with Crippen LogP contribution >= 0.6 is 11.6 Å². The highest BCUT2D eigenvalue weighted by Gasteiger charge is 2.19. The second-order valence-corrected chi connectivity index (χ2v) is 8.27. The van der Waals surface area contributed by atoms with Gasteiger partial charge >= 0.3 is 0 Å². The number of pyridine rings is 1. The first-order valence-corrected chi connectivity index (χ1v) is 11.1. The molecule has 0 aliphatic carbocycles. The summed E-state index contributed by atoms with van der Waals surface area (Å²) in [6, 6.07) is 18.2. The fourth-order valence-electron chi connectivity index (χ4n) is 4.18. The zero-order valence-corrected chi connectivity index (χ0v) is 18.1. The van der Waals surface area contributed by atoms with Gasteiger partial charge < -0.3 is 9.88 Å². The van der Waals surface area contributed by atoms with Gasteiger partial charge in [0.1, 0.15) is 0 Å². The average Bonchev–Trinajstić information content (AvgIpc) is 2.76. The van der Waals surface area contributed by atoms with Crippen LogP contribution in [-0.4, -0.2) is 35.1 Å². The van der Waals surface area contributed by atoms with Crippen LogP contribution < -0.4 is 10.9 Å². The van der Waals surface area contributed by atoms with Crippen LogP contribution in [0.25, 0.3) is 17.0 Å². The molecule has 2 heterocycles. The van der Waals surface area contributed by atoms with E-state index in [1.54, 1.807) is 10.6 Å². The fourth-order valence-corrected chi connectivity index (χ4v) is 4.36. The lowest BCUT2D eigenvalue weighted by atomic mass is 10.0. The third-order valence-corrected chi connectivity index (χ3v) is 6.05. The fraction of sp³-hybridized carbons (Fsp3) is 0.320. The highest BCUT2D eigenvalue weighted by molar-refractivity contribution is 6.31. The highest BCUT2D eigenvalue weighted by Crippen LogP contribution is 2.27. The quantitative estimate of drug-likeness (QED) is 0.589. The molecule has 0 amide bonds. The van der Waals surface area contributed by atoms with Crippen LogP contribution in [0.3, 0.4) is 0 Å². The van der Waals surface area contributed by atoms with Crippen LogP contribution in [0, 0.1) is 0 Å². The Hall–Kier alpha value is -2.56. The molecule has 1 fully saturated rings. The number of anilines is 1. The van der Waals surface area contributed by atoms with Gasteiger partial charge in [0.15, 0.2) is 0 Å². The van der Waals surface area contributed by atoms with Crippen molar-refractivity contribution >= 4 is 34.3 Å². The Bertz CT molecular complexity index is 1080. The number of rotatable bonds is 6. The van der Waals surface area contributed by atoms with E-state index >= 15 is 0 Å². The molecule has 1 N–H and O–H groups in total. The van der Waals surface area contributed by atoms with Crippen molar-refractivity contribution in [2.75, 3.05) is 25.0 Å². The van der Waals surface area contributed by atoms with Crippen molar-refractivity contribution in [1.29, 1.82) is 0 Å². The Morgan fingerprint density at radius 2 is 1.87 bits per heavy atom. The zero-order valence-electron chi connectivity index (χ0n) is 17.4. The predicted molar refractivity (Wildman–Crippen MR) is 127 cm³/mol. The van der Waals surface area contributed by atoms with Crippen molar-refractivity contribution < 1.29 is 0 Å². The van der Waals surface area contributed by atoms with Gasteiger partial charge in [0.2, 0.25) is 0 Å². The number of nitrogens with one attached hydrogen (secondary N) is 1. The number of nitrogens with zero attached hydrogens (tertiary/aromatic N) is 2. The minimum absolute atomic E-state index is 0.0262. The second-order valence-electron chi connectivity index (χ2n) is 7.83. The number of hydrogen-bond acceptors (Lipinski definition) is 3. The molecule has 0 radical (unpaired) electrons. The maximum absolute atomic E-state index is 12.6. The summed E-state index contributed by atoms with van der Waals surface area (Å²) in [6.45, 7) is 5.69. The van der Waals surface area contributed by atoms with Gasteiger partial charge in [-0.3, -0.25) is 9.69 Å². The van der Waals surface area contributed by atoms with Crippen LogP contribution in [0.1, 0.15) is 25.3 Å². The minimum Gasteiger partial charge on any atom is -0.382 e. The number of piperidine rings is 1. The van der Waals surface area contributed by atoms with Crippen molar-refractivity contribution in [2.24, 2.45) is 0 Å². The number of benzene rings is 2. The Balaban J connectivity index is 1.40. The van der Waals surface area contributed by atoms with Crippen LogP contribution in [-0.2, 0) is 6.54 Å². The summed E-state index contributed by atoms with van der Waals surface area (Å²) in [7, 11) is 0. The van der Waals surface area contributed by atoms with E-state index in [4.69, 9.17) is 11.6 Å². The summed E-state index contributed by atoms with van der Waals surface area (Å²) in [5, 5.41) is 5.33. The summed E-state index contributed by atoms with van der Waals surface area (Å²) in [6.07, 6.45) is 6.53. The maximum Gasteiger partial charge on any atom is 0.253 e. The van der Waals surface area contributed by atoms with E-state index in [0.717, 1.165) is 49.1 Å². The summed E-state index contributed by atoms with van der Waals surface area (Å²) in [5.41, 5.74) is 3.09. The lowest BCUT2D eigenvalue weighted by Gasteiger charge is -2.32. The number of likely N-dealkylation sites (tertiary alicyclic amines) is 1. The van der Waals surface area contributed by atoms with E-state index in [0.29, 0.717) is 17.6 Å². The molecule has 156 valence electrons. The van der Waals surface area contributed by atoms with Gasteiger partial charge in [-0.15, -0.1) is 0 Å². The molecule has 0 spiro atoms. The lowest BCUT2D eigenvalue weighted by Crippen LogP contribution is -2.39. The number of aryl methyl sites for hydroxylation is 1. The smallest absolute Gasteiger partial charge is 0.253 e. The zero-order chi connectivity index (χ0) is 20.9. The SMILES string of the molecule is CCn1c(=O)cc(NC2CCN(C/C=C/c3ccccc3)CC2)c2cc(Cl)ccc21. The normalized spacial score (nSPS) is 15.8. The van der Waals surface area contributed by atoms with Crippen LogP contribution in [0.5, 0.6) is 0 Å². The van der Waals surface area contributed by atoms with E-state index in [9.17, 15) is 4.79 Å². The van der Waals surface area contributed by atoms with E-state index in [1.165, 1.54) is 5.56 Å². The third kappa shape index (κ3) is 4.77. The largest absolute Gasteiger partial charge is 0.382 e. The highest BCUT2D eigenvalue weighted by atomic mass is 35.5. The number of fused-ring (bicyclic) bond motifs is 1. The first-order chi connectivity index (χ1) is 14.6. The van der Waals surface area contributed by atoms with Crippen LogP contribution in [0.2, 0.25) is 5.02 Å². The minimum atomic E-state index is 0.0262. The van der Waals surface area contributed by atoms with E-state index in [-0.39, 0.29) is 5.56 Å². The summed E-state index contributed by atoms with van der Waals surface area (Å²) in [4.78, 5) is 15.0. The number of halogens is 1. The molecule has 0 unspecified atom stereocenters. The predicted octanol–water partition coefficient (Wildman–Crippen LogP) is 5.26. The van der Waals surface area contributed by atoms with Gasteiger partial charge in [0.05, 0.1) is 5.52 Å². The van der Waals surface area contributed by atoms with Crippen molar-refractivity contribution in [3.8, 4) is 0 Å². The summed E-state index contributed by atoms with van der Waals surface area (Å²) < 4.78 is 1.79. The van der Waals surface area contributed by atoms with Crippen molar-refractivity contribution in [1.82, 2.24) is 9.47 Å². The molecule has 1 aliphatic heterocycles. The summed E-state index contributed by atoms with van der Waals surface area (Å²) in [5.74, 6) is 0. The Morgan fingerprint density at radius 3 is 2.60 bits per heavy atom. The topological polar surface area (TPSA) is 37.3 Å². The van der Waals surface area contributed by atoms with Crippen molar-refractivity contribution in [2.45, 2.75) is 32.4 Å². The van der Waals surface area contributed by atoms with Gasteiger partial charge in [-0.25, -0.2) is 0 Å². The molecule has 3 aromatic rings. The number of hydrogen-bond donors (Lipinski definition) is 1. The lowest BCUT2D eigenvalue weighted by molar-refractivity contribution is 0.240. The molecule has 4 nitrogen and oxygen atoms in total. The molecule has 1 aliphatic rings. The van der Waals surface area contributed by atoms with Crippen molar-refractivity contribution in [3.05, 3.63) is 81.6 Å². The molecular formula is C25H28ClN3O. The van der Waals surface area contributed by atoms with Gasteiger partial charge in [-0.1, -0.05) is 54.1 Å². The Labute approximate surface area is 182 Å². The molecule has 0 bridgehead atoms. The van der Waals surface area contributed by atoms with Gasteiger partial charge in [-0.2, -0.15) is 0 Å². The van der Waals surface area contributed by atoms with Gasteiger partial charge in [0.25, 0.3) is 5.56 Å². The second kappa shape index (κ2) is 9.50. The molecule has 1 saturated heterocycles. The first-order valence-electron chi connectivity index (χ1n) is 10.7. The molecular weight excluding hydrogens is 394 g/mol. The number of aromatic nitrogens is 1. The molecule has 5 heteroatoms. The van der Waals surface area contributed by atoms with Crippen molar-refractivity contribution in [3.63, 3.8) is 0 Å². The first kappa shape index (κ1) is 20.7. The van der Waals surface area contributed by atoms with Crippen LogP contribution in [0.4, 0.5) is 5.69 Å². The van der Waals surface area contributed by atoms with Crippen LogP contribution in [0.15, 0.2) is 65.5 Å². The molecule has 0 saturated carbocycles. The molecule has 1 aromatic heterocycles. The molecule has 0 atom stereocenters. The summed E-state index contributed by atoms with van der Waals surface area (Å²) >= 11 is 6.25. The third-order valence-electron chi connectivity index (χ3n) is 5.81. The van der Waals surface area contributed by atoms with E-state index in [1.807, 2.05) is 31.2 Å². The average molecular weight is 422 g/mol. The van der Waals surface area contributed by atoms with E-state index < -0.39 is 0 Å². The Kier molecular flexibility index (Phi) is 6.56.